The van der Waals surface area contributed by atoms with Crippen LogP contribution in [0.5, 0.6) is 0 Å². The van der Waals surface area contributed by atoms with Crippen LogP contribution in [0.3, 0.4) is 0 Å². The van der Waals surface area contributed by atoms with Crippen molar-refractivity contribution in [2.24, 2.45) is 0 Å². The van der Waals surface area contributed by atoms with Crippen LogP contribution in [-0.2, 0) is 5.41 Å². The summed E-state index contributed by atoms with van der Waals surface area (Å²) < 4.78 is 8.36. The number of nitrogens with zero attached hydrogens (tertiary/aromatic N) is 2. The highest BCUT2D eigenvalue weighted by Gasteiger charge is 2.21. The van der Waals surface area contributed by atoms with Crippen molar-refractivity contribution in [3.8, 4) is 0 Å². The third-order valence-corrected chi connectivity index (χ3v) is 5.01. The second kappa shape index (κ2) is 4.31. The highest BCUT2D eigenvalue weighted by molar-refractivity contribution is 7.23. The van der Waals surface area contributed by atoms with Gasteiger partial charge < -0.3 is 5.32 Å². The molecule has 0 radical (unpaired) electrons. The zero-order valence-electron chi connectivity index (χ0n) is 9.54. The normalized spacial score (nSPS) is 18.2. The summed E-state index contributed by atoms with van der Waals surface area (Å²) in [6, 6.07) is 0. The Balaban J connectivity index is 2.33. The molecule has 84 valence electrons. The Morgan fingerprint density at radius 1 is 1.27 bits per heavy atom. The van der Waals surface area contributed by atoms with Crippen LogP contribution >= 0.6 is 22.9 Å². The van der Waals surface area contributed by atoms with E-state index in [0.717, 1.165) is 26.2 Å². The first-order valence-electron chi connectivity index (χ1n) is 5.33. The van der Waals surface area contributed by atoms with Crippen LogP contribution in [0.1, 0.15) is 25.8 Å². The molecule has 5 heteroatoms. The number of hydrogen-bond donors (Lipinski definition) is 1. The average Bonchev–Trinajstić information content (AvgIpc) is 2.67. The fraction of sp³-hybridized carbons (Fsp3) is 0.800. The molecule has 0 unspecified atom stereocenters. The highest BCUT2D eigenvalue weighted by atomic mass is 32.2. The molecule has 0 saturated carbocycles. The van der Waals surface area contributed by atoms with Crippen molar-refractivity contribution in [1.29, 1.82) is 0 Å². The summed E-state index contributed by atoms with van der Waals surface area (Å²) in [5.74, 6) is 0. The van der Waals surface area contributed by atoms with Gasteiger partial charge in [-0.3, -0.25) is 0 Å². The molecule has 0 bridgehead atoms. The molecule has 2 rings (SSSR count). The van der Waals surface area contributed by atoms with E-state index in [0.29, 0.717) is 0 Å². The van der Waals surface area contributed by atoms with Crippen molar-refractivity contribution in [3.63, 3.8) is 0 Å². The molecule has 1 aromatic heterocycles. The van der Waals surface area contributed by atoms with Gasteiger partial charge in [-0.1, -0.05) is 20.8 Å². The first-order valence-corrected chi connectivity index (χ1v) is 6.92. The fourth-order valence-electron chi connectivity index (χ4n) is 1.46. The lowest BCUT2D eigenvalue weighted by Crippen LogP contribution is -2.44. The largest absolute Gasteiger partial charge is 0.333 e. The molecule has 15 heavy (non-hydrogen) atoms. The Labute approximate surface area is 98.7 Å². The highest BCUT2D eigenvalue weighted by Crippen LogP contribution is 2.22. The molecule has 1 aromatic rings. The molecule has 0 spiro atoms. The van der Waals surface area contributed by atoms with E-state index in [9.17, 15) is 0 Å². The second-order valence-electron chi connectivity index (χ2n) is 4.84. The van der Waals surface area contributed by atoms with Crippen molar-refractivity contribution in [3.05, 3.63) is 8.99 Å². The van der Waals surface area contributed by atoms with Crippen LogP contribution in [0.25, 0.3) is 0 Å². The van der Waals surface area contributed by atoms with E-state index in [1.165, 1.54) is 8.99 Å². The van der Waals surface area contributed by atoms with Crippen LogP contribution in [0.4, 0.5) is 0 Å². The summed E-state index contributed by atoms with van der Waals surface area (Å²) in [6.45, 7) is 11.1. The van der Waals surface area contributed by atoms with E-state index < -0.39 is 0 Å². The molecule has 0 aromatic carbocycles. The SMILES string of the molecule is CC(C)(C)c1nsc(=[N+]2CCNCC2)s1. The minimum atomic E-state index is 0.188. The van der Waals surface area contributed by atoms with Crippen LogP contribution in [-0.4, -0.2) is 30.6 Å². The summed E-state index contributed by atoms with van der Waals surface area (Å²) >= 11 is 3.50. The summed E-state index contributed by atoms with van der Waals surface area (Å²) in [5.41, 5.74) is 0.188. The van der Waals surface area contributed by atoms with Gasteiger partial charge in [-0.05, 0) is 11.3 Å². The minimum Gasteiger partial charge on any atom is -0.305 e. The lowest BCUT2D eigenvalue weighted by atomic mass is 9.99. The average molecular weight is 244 g/mol. The van der Waals surface area contributed by atoms with Gasteiger partial charge in [0, 0.05) is 16.9 Å². The van der Waals surface area contributed by atoms with Crippen LogP contribution in [0.2, 0.25) is 0 Å². The quantitative estimate of drug-likeness (QED) is 0.686. The van der Waals surface area contributed by atoms with Gasteiger partial charge in [0.15, 0.2) is 13.1 Å². The second-order valence-corrected chi connectivity index (χ2v) is 6.83. The van der Waals surface area contributed by atoms with E-state index in [1.807, 2.05) is 11.3 Å². The van der Waals surface area contributed by atoms with Crippen LogP contribution < -0.4 is 13.9 Å². The Bertz CT molecular complexity index is 389. The first kappa shape index (κ1) is 11.2. The van der Waals surface area contributed by atoms with Crippen molar-refractivity contribution >= 4 is 22.9 Å². The molecule has 1 aliphatic rings. The maximum Gasteiger partial charge on any atom is 0.333 e. The number of hydrogen-bond acceptors (Lipinski definition) is 4. The van der Waals surface area contributed by atoms with E-state index in [2.05, 4.69) is 35.0 Å². The molecule has 0 aliphatic carbocycles. The summed E-state index contributed by atoms with van der Waals surface area (Å²) in [6.07, 6.45) is 0. The summed E-state index contributed by atoms with van der Waals surface area (Å²) in [7, 11) is 0. The van der Waals surface area contributed by atoms with E-state index in [-0.39, 0.29) is 5.41 Å². The number of nitrogens with one attached hydrogen (secondary N) is 1. The molecule has 1 aliphatic heterocycles. The molecule has 1 N–H and O–H groups in total. The zero-order valence-corrected chi connectivity index (χ0v) is 11.2. The molecule has 1 saturated heterocycles. The van der Waals surface area contributed by atoms with Crippen molar-refractivity contribution in [2.75, 3.05) is 26.2 Å². The lowest BCUT2D eigenvalue weighted by molar-refractivity contribution is 0.474. The van der Waals surface area contributed by atoms with Gasteiger partial charge in [0.25, 0.3) is 0 Å². The summed E-state index contributed by atoms with van der Waals surface area (Å²) in [5, 5.41) is 4.62. The smallest absolute Gasteiger partial charge is 0.305 e. The Kier molecular flexibility index (Phi) is 3.23. The van der Waals surface area contributed by atoms with E-state index in [4.69, 9.17) is 0 Å². The third kappa shape index (κ3) is 2.65. The number of rotatable bonds is 0. The van der Waals surface area contributed by atoms with Gasteiger partial charge >= 0.3 is 3.98 Å². The van der Waals surface area contributed by atoms with Gasteiger partial charge in [-0.2, -0.15) is 4.37 Å². The standard InChI is InChI=1S/C10H18N3S2/c1-10(2,3)8-12-15-9(14-8)13-6-4-11-5-7-13/h11H,4-7H2,1-3H3/q+1. The van der Waals surface area contributed by atoms with Gasteiger partial charge in [-0.25, -0.2) is 4.58 Å². The zero-order chi connectivity index (χ0) is 10.9. The Morgan fingerprint density at radius 3 is 2.47 bits per heavy atom. The van der Waals surface area contributed by atoms with Crippen molar-refractivity contribution in [2.45, 2.75) is 26.2 Å². The Hall–Kier alpha value is -0.260. The minimum absolute atomic E-state index is 0.188. The van der Waals surface area contributed by atoms with Gasteiger partial charge in [-0.15, -0.1) is 0 Å². The van der Waals surface area contributed by atoms with Gasteiger partial charge in [0.05, 0.1) is 13.1 Å². The predicted octanol–water partition coefficient (Wildman–Crippen LogP) is 0.877. The maximum atomic E-state index is 4.56. The van der Waals surface area contributed by atoms with Crippen molar-refractivity contribution < 1.29 is 0 Å². The molecule has 2 heterocycles. The maximum absolute atomic E-state index is 4.56. The monoisotopic (exact) mass is 244 g/mol. The van der Waals surface area contributed by atoms with Crippen molar-refractivity contribution in [1.82, 2.24) is 14.3 Å². The third-order valence-electron chi connectivity index (χ3n) is 2.41. The number of aromatic nitrogens is 1. The molecular formula is C10H18N3S2+. The van der Waals surface area contributed by atoms with Gasteiger partial charge in [0.2, 0.25) is 0 Å². The lowest BCUT2D eigenvalue weighted by Gasteiger charge is -2.12. The Morgan fingerprint density at radius 2 is 1.93 bits per heavy atom. The first-order chi connectivity index (χ1) is 7.07. The molecular weight excluding hydrogens is 226 g/mol. The van der Waals surface area contributed by atoms with Gasteiger partial charge in [0.1, 0.15) is 5.01 Å². The fourth-order valence-corrected chi connectivity index (χ4v) is 3.73. The number of piperazine rings is 1. The molecule has 1 fully saturated rings. The van der Waals surface area contributed by atoms with E-state index >= 15 is 0 Å². The molecule has 0 amide bonds. The predicted molar refractivity (Wildman–Crippen MR) is 66.6 cm³/mol. The summed E-state index contributed by atoms with van der Waals surface area (Å²) in [4.78, 5) is 0. The van der Waals surface area contributed by atoms with E-state index in [1.54, 1.807) is 11.5 Å². The molecule has 0 atom stereocenters. The molecule has 3 nitrogen and oxygen atoms in total. The topological polar surface area (TPSA) is 27.9 Å². The van der Waals surface area contributed by atoms with Crippen LogP contribution in [0.15, 0.2) is 0 Å². The van der Waals surface area contributed by atoms with Crippen LogP contribution in [0, 0.1) is 0 Å².